The molecule has 0 fully saturated rings. The first-order valence-corrected chi connectivity index (χ1v) is 8.05. The maximum atomic E-state index is 13.3. The minimum absolute atomic E-state index is 0.167. The number of ether oxygens (including phenoxy) is 2. The molecular formula is C18H11FN4O4. The normalized spacial score (nSPS) is 12.5. The van der Waals surface area contributed by atoms with E-state index in [1.165, 1.54) is 12.1 Å². The second-order valence-electron chi connectivity index (χ2n) is 5.77. The van der Waals surface area contributed by atoms with Crippen molar-refractivity contribution in [1.82, 2.24) is 20.3 Å². The highest BCUT2D eigenvalue weighted by atomic mass is 19.1. The quantitative estimate of drug-likeness (QED) is 0.543. The molecule has 0 N–H and O–H groups in total. The summed E-state index contributed by atoms with van der Waals surface area (Å²) in [7, 11) is 0. The molecule has 8 nitrogen and oxygen atoms in total. The molecule has 0 aliphatic carbocycles. The van der Waals surface area contributed by atoms with Crippen molar-refractivity contribution in [2.24, 2.45) is 0 Å². The van der Waals surface area contributed by atoms with Crippen molar-refractivity contribution in [3.63, 3.8) is 0 Å². The topological polar surface area (TPSA) is 96.3 Å². The zero-order chi connectivity index (χ0) is 18.2. The number of benzene rings is 2. The Labute approximate surface area is 151 Å². The van der Waals surface area contributed by atoms with Gasteiger partial charge in [0.2, 0.25) is 30.3 Å². The number of hydrogen-bond acceptors (Lipinski definition) is 8. The highest BCUT2D eigenvalue weighted by molar-refractivity contribution is 5.61. The standard InChI is InChI=1S/C18H11FN4O4/c19-12-3-1-2-11(6-12)18-22-21-16(26-18)8-15-20-17(23-27-15)10-4-5-13-14(7-10)25-9-24-13/h1-7H,8-9H2. The van der Waals surface area contributed by atoms with Crippen LogP contribution in [0.2, 0.25) is 0 Å². The van der Waals surface area contributed by atoms with Gasteiger partial charge < -0.3 is 18.4 Å². The van der Waals surface area contributed by atoms with Gasteiger partial charge in [0.15, 0.2) is 11.5 Å². The summed E-state index contributed by atoms with van der Waals surface area (Å²) in [5, 5.41) is 11.8. The van der Waals surface area contributed by atoms with Crippen molar-refractivity contribution in [3.8, 4) is 34.3 Å². The van der Waals surface area contributed by atoms with Crippen molar-refractivity contribution in [3.05, 3.63) is 60.1 Å². The number of aromatic nitrogens is 4. The lowest BCUT2D eigenvalue weighted by Crippen LogP contribution is -1.92. The highest BCUT2D eigenvalue weighted by Crippen LogP contribution is 2.35. The molecule has 0 spiro atoms. The maximum absolute atomic E-state index is 13.3. The summed E-state index contributed by atoms with van der Waals surface area (Å²) in [5.74, 6) is 2.17. The fourth-order valence-electron chi connectivity index (χ4n) is 2.67. The molecule has 27 heavy (non-hydrogen) atoms. The molecular weight excluding hydrogens is 355 g/mol. The predicted octanol–water partition coefficient (Wildman–Crippen LogP) is 3.25. The van der Waals surface area contributed by atoms with Gasteiger partial charge in [-0.1, -0.05) is 11.2 Å². The van der Waals surface area contributed by atoms with Crippen molar-refractivity contribution < 1.29 is 22.8 Å². The lowest BCUT2D eigenvalue weighted by molar-refractivity contribution is 0.174. The van der Waals surface area contributed by atoms with Crippen LogP contribution in [0.25, 0.3) is 22.8 Å². The van der Waals surface area contributed by atoms with Gasteiger partial charge in [-0.25, -0.2) is 4.39 Å². The van der Waals surface area contributed by atoms with E-state index in [2.05, 4.69) is 20.3 Å². The van der Waals surface area contributed by atoms with Gasteiger partial charge in [0.25, 0.3) is 0 Å². The Balaban J connectivity index is 1.35. The van der Waals surface area contributed by atoms with Crippen LogP contribution in [0.3, 0.4) is 0 Å². The maximum Gasteiger partial charge on any atom is 0.247 e. The van der Waals surface area contributed by atoms with E-state index >= 15 is 0 Å². The first-order chi connectivity index (χ1) is 13.2. The molecule has 1 aliphatic heterocycles. The molecule has 5 rings (SSSR count). The molecule has 0 radical (unpaired) electrons. The highest BCUT2D eigenvalue weighted by Gasteiger charge is 2.18. The number of rotatable bonds is 4. The Hall–Kier alpha value is -3.75. The van der Waals surface area contributed by atoms with E-state index in [-0.39, 0.29) is 30.8 Å². The van der Waals surface area contributed by atoms with Crippen molar-refractivity contribution in [2.75, 3.05) is 6.79 Å². The Morgan fingerprint density at radius 3 is 2.78 bits per heavy atom. The molecule has 0 amide bonds. The minimum Gasteiger partial charge on any atom is -0.454 e. The van der Waals surface area contributed by atoms with Crippen LogP contribution in [0.1, 0.15) is 11.8 Å². The molecule has 0 atom stereocenters. The van der Waals surface area contributed by atoms with Gasteiger partial charge in [-0.05, 0) is 36.4 Å². The first kappa shape index (κ1) is 15.5. The monoisotopic (exact) mass is 366 g/mol. The Morgan fingerprint density at radius 1 is 0.926 bits per heavy atom. The first-order valence-electron chi connectivity index (χ1n) is 8.05. The van der Waals surface area contributed by atoms with Crippen LogP contribution >= 0.6 is 0 Å². The molecule has 3 heterocycles. The second kappa shape index (κ2) is 6.20. The van der Waals surface area contributed by atoms with Crippen molar-refractivity contribution in [2.45, 2.75) is 6.42 Å². The molecule has 2 aromatic carbocycles. The fourth-order valence-corrected chi connectivity index (χ4v) is 2.67. The SMILES string of the molecule is Fc1cccc(-c2nnc(Cc3nc(-c4ccc5c(c4)OCO5)no3)o2)c1. The molecule has 0 unspecified atom stereocenters. The minimum atomic E-state index is -0.377. The third-order valence-corrected chi connectivity index (χ3v) is 3.94. The fraction of sp³-hybridized carbons (Fsp3) is 0.111. The third kappa shape index (κ3) is 2.99. The van der Waals surface area contributed by atoms with Crippen LogP contribution in [-0.2, 0) is 6.42 Å². The number of nitrogens with zero attached hydrogens (tertiary/aromatic N) is 4. The summed E-state index contributed by atoms with van der Waals surface area (Å²) >= 11 is 0. The number of fused-ring (bicyclic) bond motifs is 1. The summed E-state index contributed by atoms with van der Waals surface area (Å²) in [6.45, 7) is 0.196. The molecule has 0 bridgehead atoms. The summed E-state index contributed by atoms with van der Waals surface area (Å²) in [4.78, 5) is 4.34. The predicted molar refractivity (Wildman–Crippen MR) is 88.4 cm³/mol. The van der Waals surface area contributed by atoms with Crippen LogP contribution in [0.5, 0.6) is 11.5 Å². The van der Waals surface area contributed by atoms with E-state index in [9.17, 15) is 4.39 Å². The van der Waals surface area contributed by atoms with Gasteiger partial charge in [-0.2, -0.15) is 4.98 Å². The molecule has 2 aromatic heterocycles. The van der Waals surface area contributed by atoms with E-state index in [0.29, 0.717) is 28.8 Å². The average Bonchev–Trinajstić information content (AvgIpc) is 3.42. The molecule has 0 saturated carbocycles. The van der Waals surface area contributed by atoms with Crippen molar-refractivity contribution >= 4 is 0 Å². The summed E-state index contributed by atoms with van der Waals surface area (Å²) in [6.07, 6.45) is 0.167. The van der Waals surface area contributed by atoms with Crippen LogP contribution in [0.15, 0.2) is 51.4 Å². The van der Waals surface area contributed by atoms with Crippen molar-refractivity contribution in [1.29, 1.82) is 0 Å². The Kier molecular flexibility index (Phi) is 3.56. The average molecular weight is 366 g/mol. The van der Waals surface area contributed by atoms with Gasteiger partial charge in [0.05, 0.1) is 0 Å². The largest absolute Gasteiger partial charge is 0.454 e. The molecule has 0 saturated heterocycles. The molecule has 9 heteroatoms. The second-order valence-corrected chi connectivity index (χ2v) is 5.77. The van der Waals surface area contributed by atoms with E-state index in [1.54, 1.807) is 24.3 Å². The zero-order valence-corrected chi connectivity index (χ0v) is 13.8. The van der Waals surface area contributed by atoms with Gasteiger partial charge in [-0.3, -0.25) is 0 Å². The molecule has 1 aliphatic rings. The Bertz CT molecular complexity index is 1120. The molecule has 4 aromatic rings. The van der Waals surface area contributed by atoms with Gasteiger partial charge in [0, 0.05) is 11.1 Å². The third-order valence-electron chi connectivity index (χ3n) is 3.94. The van der Waals surface area contributed by atoms with Crippen LogP contribution < -0.4 is 9.47 Å². The number of hydrogen-bond donors (Lipinski definition) is 0. The summed E-state index contributed by atoms with van der Waals surface area (Å²) in [6, 6.07) is 11.3. The van der Waals surface area contributed by atoms with E-state index in [1.807, 2.05) is 6.07 Å². The van der Waals surface area contributed by atoms with Gasteiger partial charge in [-0.15, -0.1) is 10.2 Å². The zero-order valence-electron chi connectivity index (χ0n) is 13.8. The van der Waals surface area contributed by atoms with Gasteiger partial charge in [0.1, 0.15) is 12.2 Å². The van der Waals surface area contributed by atoms with Gasteiger partial charge >= 0.3 is 0 Å². The smallest absolute Gasteiger partial charge is 0.247 e. The Morgan fingerprint density at radius 2 is 1.85 bits per heavy atom. The lowest BCUT2D eigenvalue weighted by Gasteiger charge is -1.97. The van der Waals surface area contributed by atoms with Crippen LogP contribution in [0.4, 0.5) is 4.39 Å². The summed E-state index contributed by atoms with van der Waals surface area (Å²) < 4.78 is 34.7. The van der Waals surface area contributed by atoms with E-state index < -0.39 is 0 Å². The van der Waals surface area contributed by atoms with Crippen LogP contribution in [0, 0.1) is 5.82 Å². The van der Waals surface area contributed by atoms with E-state index in [4.69, 9.17) is 18.4 Å². The lowest BCUT2D eigenvalue weighted by atomic mass is 10.2. The number of halogens is 1. The van der Waals surface area contributed by atoms with E-state index in [0.717, 1.165) is 5.56 Å². The van der Waals surface area contributed by atoms with Crippen LogP contribution in [-0.4, -0.2) is 27.1 Å². The summed E-state index contributed by atoms with van der Waals surface area (Å²) in [5.41, 5.74) is 1.24. The molecule has 134 valence electrons.